The second-order valence-corrected chi connectivity index (χ2v) is 4.79. The Hall–Kier alpha value is -0.970. The third kappa shape index (κ3) is 2.65. The van der Waals surface area contributed by atoms with Gasteiger partial charge in [0.15, 0.2) is 0 Å². The van der Waals surface area contributed by atoms with Crippen LogP contribution < -0.4 is 0 Å². The summed E-state index contributed by atoms with van der Waals surface area (Å²) in [5, 5.41) is 10.5. The van der Waals surface area contributed by atoms with Crippen LogP contribution >= 0.6 is 27.5 Å². The fourth-order valence-electron chi connectivity index (χ4n) is 1.50. The molecule has 17 heavy (non-hydrogen) atoms. The van der Waals surface area contributed by atoms with Crippen LogP contribution in [0.25, 0.3) is 0 Å². The molecule has 0 saturated heterocycles. The summed E-state index contributed by atoms with van der Waals surface area (Å²) in [6, 6.07) is 6.48. The van der Waals surface area contributed by atoms with Crippen molar-refractivity contribution in [1.29, 1.82) is 0 Å². The van der Waals surface area contributed by atoms with Gasteiger partial charge in [-0.2, -0.15) is 0 Å². The normalized spacial score (nSPS) is 12.5. The molecule has 0 aliphatic heterocycles. The zero-order chi connectivity index (χ0) is 12.4. The van der Waals surface area contributed by atoms with E-state index < -0.39 is 11.9 Å². The Labute approximate surface area is 111 Å². The molecule has 0 saturated carbocycles. The Morgan fingerprint density at radius 2 is 2.06 bits per heavy atom. The monoisotopic (exact) mass is 315 g/mol. The number of halogens is 3. The van der Waals surface area contributed by atoms with Gasteiger partial charge in [-0.15, -0.1) is 0 Å². The molecule has 0 spiro atoms. The van der Waals surface area contributed by atoms with Gasteiger partial charge in [-0.05, 0) is 24.3 Å². The molecule has 1 N–H and O–H groups in total. The summed E-state index contributed by atoms with van der Waals surface area (Å²) in [5.41, 5.74) is 0.603. The molecule has 1 atom stereocenters. The third-order valence-electron chi connectivity index (χ3n) is 2.35. The van der Waals surface area contributed by atoms with Crippen molar-refractivity contribution in [3.05, 3.63) is 63.1 Å². The first-order chi connectivity index (χ1) is 8.09. The van der Waals surface area contributed by atoms with E-state index in [1.54, 1.807) is 18.2 Å². The van der Waals surface area contributed by atoms with Gasteiger partial charge in [0.1, 0.15) is 11.9 Å². The molecule has 0 aliphatic carbocycles. The Kier molecular flexibility index (Phi) is 3.76. The van der Waals surface area contributed by atoms with Crippen LogP contribution in [0.3, 0.4) is 0 Å². The number of hydrogen-bond acceptors (Lipinski definition) is 2. The number of pyridine rings is 1. The lowest BCUT2D eigenvalue weighted by atomic mass is 10.0. The van der Waals surface area contributed by atoms with Crippen LogP contribution in [0.5, 0.6) is 0 Å². The van der Waals surface area contributed by atoms with Crippen LogP contribution in [-0.2, 0) is 0 Å². The van der Waals surface area contributed by atoms with Crippen molar-refractivity contribution < 1.29 is 9.50 Å². The van der Waals surface area contributed by atoms with Crippen molar-refractivity contribution in [3.8, 4) is 0 Å². The van der Waals surface area contributed by atoms with Crippen molar-refractivity contribution in [2.75, 3.05) is 0 Å². The summed E-state index contributed by atoms with van der Waals surface area (Å²) in [6.07, 6.45) is 1.38. The van der Waals surface area contributed by atoms with Gasteiger partial charge in [0.2, 0.25) is 0 Å². The Morgan fingerprint density at radius 3 is 2.76 bits per heavy atom. The second-order valence-electron chi connectivity index (χ2n) is 3.47. The first-order valence-corrected chi connectivity index (χ1v) is 5.99. The second kappa shape index (κ2) is 5.12. The molecule has 5 heteroatoms. The molecular formula is C12H8BrClFNO. The highest BCUT2D eigenvalue weighted by molar-refractivity contribution is 9.10. The van der Waals surface area contributed by atoms with E-state index in [9.17, 15) is 9.50 Å². The molecule has 0 bridgehead atoms. The predicted octanol–water partition coefficient (Wildman–Crippen LogP) is 3.72. The van der Waals surface area contributed by atoms with Gasteiger partial charge >= 0.3 is 0 Å². The van der Waals surface area contributed by atoms with Crippen molar-refractivity contribution in [1.82, 2.24) is 4.98 Å². The van der Waals surface area contributed by atoms with Crippen molar-refractivity contribution in [2.24, 2.45) is 0 Å². The summed E-state index contributed by atoms with van der Waals surface area (Å²) in [7, 11) is 0. The summed E-state index contributed by atoms with van der Waals surface area (Å²) in [6.45, 7) is 0. The Balaban J connectivity index is 2.47. The fourth-order valence-corrected chi connectivity index (χ4v) is 2.10. The lowest BCUT2D eigenvalue weighted by Gasteiger charge is -2.13. The quantitative estimate of drug-likeness (QED) is 0.916. The van der Waals surface area contributed by atoms with Crippen molar-refractivity contribution in [2.45, 2.75) is 6.10 Å². The van der Waals surface area contributed by atoms with Gasteiger partial charge in [0, 0.05) is 26.8 Å². The third-order valence-corrected chi connectivity index (χ3v) is 3.19. The largest absolute Gasteiger partial charge is 0.383 e. The molecule has 2 rings (SSSR count). The average Bonchev–Trinajstić information content (AvgIpc) is 2.32. The van der Waals surface area contributed by atoms with E-state index in [0.29, 0.717) is 10.6 Å². The molecular weight excluding hydrogens is 308 g/mol. The van der Waals surface area contributed by atoms with Crippen LogP contribution in [0.2, 0.25) is 5.02 Å². The van der Waals surface area contributed by atoms with E-state index in [2.05, 4.69) is 20.9 Å². The van der Waals surface area contributed by atoms with Gasteiger partial charge in [0.25, 0.3) is 0 Å². The summed E-state index contributed by atoms with van der Waals surface area (Å²) in [4.78, 5) is 3.63. The van der Waals surface area contributed by atoms with Crippen molar-refractivity contribution in [3.63, 3.8) is 0 Å². The van der Waals surface area contributed by atoms with E-state index in [-0.39, 0.29) is 5.56 Å². The maximum Gasteiger partial charge on any atom is 0.147 e. The SMILES string of the molecule is OC(c1ccncc1F)c1cc(Br)ccc1Cl. The number of aliphatic hydroxyl groups is 1. The first kappa shape index (κ1) is 12.5. The molecule has 88 valence electrons. The average molecular weight is 317 g/mol. The first-order valence-electron chi connectivity index (χ1n) is 4.82. The van der Waals surface area contributed by atoms with Gasteiger partial charge < -0.3 is 5.11 Å². The van der Waals surface area contributed by atoms with Crippen LogP contribution in [0, 0.1) is 5.82 Å². The minimum absolute atomic E-state index is 0.153. The van der Waals surface area contributed by atoms with E-state index in [1.165, 1.54) is 12.3 Å². The van der Waals surface area contributed by atoms with Gasteiger partial charge in [-0.25, -0.2) is 4.39 Å². The molecule has 0 fully saturated rings. The minimum Gasteiger partial charge on any atom is -0.383 e. The van der Waals surface area contributed by atoms with Crippen LogP contribution in [0.1, 0.15) is 17.2 Å². The maximum atomic E-state index is 13.5. The van der Waals surface area contributed by atoms with E-state index in [0.717, 1.165) is 10.7 Å². The standard InChI is InChI=1S/C12H8BrClFNO/c13-7-1-2-10(14)9(5-7)12(17)8-3-4-16-6-11(8)15/h1-6,12,17H. The molecule has 1 unspecified atom stereocenters. The lowest BCUT2D eigenvalue weighted by molar-refractivity contribution is 0.214. The van der Waals surface area contributed by atoms with Gasteiger partial charge in [-0.3, -0.25) is 4.98 Å². The molecule has 1 aromatic heterocycles. The zero-order valence-electron chi connectivity index (χ0n) is 8.57. The maximum absolute atomic E-state index is 13.5. The minimum atomic E-state index is -1.11. The zero-order valence-corrected chi connectivity index (χ0v) is 10.9. The van der Waals surface area contributed by atoms with Gasteiger partial charge in [-0.1, -0.05) is 27.5 Å². The highest BCUT2D eigenvalue weighted by atomic mass is 79.9. The molecule has 0 aliphatic rings. The predicted molar refractivity (Wildman–Crippen MR) is 67.4 cm³/mol. The fraction of sp³-hybridized carbons (Fsp3) is 0.0833. The molecule has 2 aromatic rings. The van der Waals surface area contributed by atoms with Crippen LogP contribution in [-0.4, -0.2) is 10.1 Å². The highest BCUT2D eigenvalue weighted by Gasteiger charge is 2.17. The van der Waals surface area contributed by atoms with Crippen LogP contribution in [0.15, 0.2) is 41.1 Å². The number of hydrogen-bond donors (Lipinski definition) is 1. The molecule has 1 heterocycles. The Bertz CT molecular complexity index is 550. The number of aliphatic hydroxyl groups excluding tert-OH is 1. The molecule has 0 amide bonds. The summed E-state index contributed by atoms with van der Waals surface area (Å²) >= 11 is 9.25. The number of nitrogens with zero attached hydrogens (tertiary/aromatic N) is 1. The van der Waals surface area contributed by atoms with Gasteiger partial charge in [0.05, 0.1) is 6.20 Å². The van der Waals surface area contributed by atoms with E-state index >= 15 is 0 Å². The molecule has 1 aromatic carbocycles. The van der Waals surface area contributed by atoms with E-state index in [4.69, 9.17) is 11.6 Å². The molecule has 2 nitrogen and oxygen atoms in total. The summed E-state index contributed by atoms with van der Waals surface area (Å²) < 4.78 is 14.2. The van der Waals surface area contributed by atoms with E-state index in [1.807, 2.05) is 0 Å². The van der Waals surface area contributed by atoms with Crippen molar-refractivity contribution >= 4 is 27.5 Å². The summed E-state index contributed by atoms with van der Waals surface area (Å²) in [5.74, 6) is -0.559. The number of benzene rings is 1. The smallest absolute Gasteiger partial charge is 0.147 e. The number of aromatic nitrogens is 1. The van der Waals surface area contributed by atoms with Crippen LogP contribution in [0.4, 0.5) is 4.39 Å². The topological polar surface area (TPSA) is 33.1 Å². The lowest BCUT2D eigenvalue weighted by Crippen LogP contribution is -2.03. The number of rotatable bonds is 2. The highest BCUT2D eigenvalue weighted by Crippen LogP contribution is 2.31. The molecule has 0 radical (unpaired) electrons. The Morgan fingerprint density at radius 1 is 1.29 bits per heavy atom.